The molecule has 2 N–H and O–H groups in total. The minimum Gasteiger partial charge on any atom is -0.373 e. The van der Waals surface area contributed by atoms with Gasteiger partial charge in [-0.2, -0.15) is 0 Å². The Kier molecular flexibility index (Phi) is 4.42. The van der Waals surface area contributed by atoms with Gasteiger partial charge in [0.15, 0.2) is 0 Å². The van der Waals surface area contributed by atoms with Crippen LogP contribution in [0.4, 0.5) is 5.82 Å². The average Bonchev–Trinajstić information content (AvgIpc) is 2.83. The van der Waals surface area contributed by atoms with Gasteiger partial charge in [-0.15, -0.1) is 0 Å². The Labute approximate surface area is 121 Å². The molecular formula is C13H18BrN3O2. The van der Waals surface area contributed by atoms with Crippen molar-refractivity contribution in [1.82, 2.24) is 10.3 Å². The van der Waals surface area contributed by atoms with Crippen LogP contribution in [-0.2, 0) is 4.74 Å². The van der Waals surface area contributed by atoms with Crippen molar-refractivity contribution in [2.24, 2.45) is 0 Å². The van der Waals surface area contributed by atoms with Crippen LogP contribution >= 0.6 is 15.9 Å². The number of halogens is 1. The Hall–Kier alpha value is -1.14. The number of ether oxygens (including phenoxy) is 1. The van der Waals surface area contributed by atoms with Crippen LogP contribution in [0.3, 0.4) is 0 Å². The SMILES string of the molecule is CNc1ncc(Br)cc1C(=O)NCC1(C)CCCO1. The molecule has 104 valence electrons. The normalized spacial score (nSPS) is 22.3. The highest BCUT2D eigenvalue weighted by molar-refractivity contribution is 9.10. The lowest BCUT2D eigenvalue weighted by Gasteiger charge is -2.23. The number of anilines is 1. The molecule has 1 aromatic rings. The first-order chi connectivity index (χ1) is 9.04. The zero-order valence-corrected chi connectivity index (χ0v) is 12.7. The smallest absolute Gasteiger partial charge is 0.255 e. The van der Waals surface area contributed by atoms with Crippen molar-refractivity contribution in [3.63, 3.8) is 0 Å². The minimum absolute atomic E-state index is 0.144. The van der Waals surface area contributed by atoms with E-state index in [-0.39, 0.29) is 11.5 Å². The van der Waals surface area contributed by atoms with Crippen LogP contribution in [-0.4, -0.2) is 36.7 Å². The Morgan fingerprint density at radius 2 is 2.42 bits per heavy atom. The van der Waals surface area contributed by atoms with Crippen molar-refractivity contribution in [3.05, 3.63) is 22.3 Å². The third-order valence-electron chi connectivity index (χ3n) is 3.26. The topological polar surface area (TPSA) is 63.2 Å². The van der Waals surface area contributed by atoms with Crippen molar-refractivity contribution in [2.45, 2.75) is 25.4 Å². The van der Waals surface area contributed by atoms with Crippen molar-refractivity contribution in [2.75, 3.05) is 25.5 Å². The molecule has 1 aliphatic heterocycles. The Bertz CT molecular complexity index is 473. The molecule has 0 aromatic carbocycles. The van der Waals surface area contributed by atoms with E-state index in [1.165, 1.54) is 0 Å². The van der Waals surface area contributed by atoms with E-state index in [2.05, 4.69) is 31.5 Å². The zero-order chi connectivity index (χ0) is 13.9. The molecule has 2 heterocycles. The van der Waals surface area contributed by atoms with Crippen LogP contribution in [0.25, 0.3) is 0 Å². The van der Waals surface area contributed by atoms with Gasteiger partial charge in [0.1, 0.15) is 5.82 Å². The number of carbonyl (C=O) groups excluding carboxylic acids is 1. The largest absolute Gasteiger partial charge is 0.373 e. The van der Waals surface area contributed by atoms with Gasteiger partial charge in [0.2, 0.25) is 0 Å². The van der Waals surface area contributed by atoms with Crippen molar-refractivity contribution >= 4 is 27.7 Å². The number of rotatable bonds is 4. The second-order valence-corrected chi connectivity index (χ2v) is 5.80. The highest BCUT2D eigenvalue weighted by Gasteiger charge is 2.30. The van der Waals surface area contributed by atoms with Gasteiger partial charge in [-0.3, -0.25) is 4.79 Å². The van der Waals surface area contributed by atoms with Gasteiger partial charge in [-0.1, -0.05) is 0 Å². The third-order valence-corrected chi connectivity index (χ3v) is 3.69. The predicted molar refractivity (Wildman–Crippen MR) is 77.4 cm³/mol. The summed E-state index contributed by atoms with van der Waals surface area (Å²) in [6.07, 6.45) is 3.68. The molecule has 1 atom stereocenters. The molecule has 1 unspecified atom stereocenters. The maximum Gasteiger partial charge on any atom is 0.255 e. The lowest BCUT2D eigenvalue weighted by atomic mass is 10.0. The molecule has 6 heteroatoms. The van der Waals surface area contributed by atoms with E-state index in [0.717, 1.165) is 23.9 Å². The van der Waals surface area contributed by atoms with Gasteiger partial charge in [0.25, 0.3) is 5.91 Å². The first-order valence-electron chi connectivity index (χ1n) is 6.29. The number of pyridine rings is 1. The summed E-state index contributed by atoms with van der Waals surface area (Å²) in [5, 5.41) is 5.84. The minimum atomic E-state index is -0.241. The molecule has 1 aromatic heterocycles. The summed E-state index contributed by atoms with van der Waals surface area (Å²) in [6, 6.07) is 1.76. The van der Waals surface area contributed by atoms with Gasteiger partial charge in [-0.05, 0) is 41.8 Å². The molecule has 1 fully saturated rings. The number of nitrogens with zero attached hydrogens (tertiary/aromatic N) is 1. The summed E-state index contributed by atoms with van der Waals surface area (Å²) in [5.41, 5.74) is 0.285. The van der Waals surface area contributed by atoms with Gasteiger partial charge >= 0.3 is 0 Å². The quantitative estimate of drug-likeness (QED) is 0.889. The van der Waals surface area contributed by atoms with E-state index in [1.54, 1.807) is 19.3 Å². The predicted octanol–water partition coefficient (Wildman–Crippen LogP) is 2.18. The molecule has 1 aliphatic rings. The van der Waals surface area contributed by atoms with Crippen molar-refractivity contribution < 1.29 is 9.53 Å². The summed E-state index contributed by atoms with van der Waals surface area (Å²) >= 11 is 3.33. The van der Waals surface area contributed by atoms with Crippen molar-refractivity contribution in [3.8, 4) is 0 Å². The maximum atomic E-state index is 12.2. The standard InChI is InChI=1S/C13H18BrN3O2/c1-13(4-3-5-19-13)8-17-12(18)10-6-9(14)7-16-11(10)15-2/h6-7H,3-5,8H2,1-2H3,(H,15,16)(H,17,18). The van der Waals surface area contributed by atoms with Crippen LogP contribution in [0.1, 0.15) is 30.1 Å². The van der Waals surface area contributed by atoms with Gasteiger partial charge in [0, 0.05) is 30.9 Å². The Morgan fingerprint density at radius 1 is 1.63 bits per heavy atom. The first kappa shape index (κ1) is 14.3. The summed E-state index contributed by atoms with van der Waals surface area (Å²) in [7, 11) is 1.74. The Balaban J connectivity index is 2.05. The van der Waals surface area contributed by atoms with E-state index >= 15 is 0 Å². The molecule has 1 saturated heterocycles. The fraction of sp³-hybridized carbons (Fsp3) is 0.538. The van der Waals surface area contributed by atoms with E-state index in [1.807, 2.05) is 6.92 Å². The zero-order valence-electron chi connectivity index (χ0n) is 11.1. The van der Waals surface area contributed by atoms with E-state index in [4.69, 9.17) is 4.74 Å². The molecule has 0 saturated carbocycles. The summed E-state index contributed by atoms with van der Waals surface area (Å²) < 4.78 is 6.43. The number of aromatic nitrogens is 1. The number of hydrogen-bond donors (Lipinski definition) is 2. The monoisotopic (exact) mass is 327 g/mol. The summed E-state index contributed by atoms with van der Waals surface area (Å²) in [4.78, 5) is 16.4. The van der Waals surface area contributed by atoms with Gasteiger partial charge < -0.3 is 15.4 Å². The van der Waals surface area contributed by atoms with Crippen LogP contribution in [0.15, 0.2) is 16.7 Å². The first-order valence-corrected chi connectivity index (χ1v) is 7.09. The lowest BCUT2D eigenvalue weighted by Crippen LogP contribution is -2.40. The highest BCUT2D eigenvalue weighted by Crippen LogP contribution is 2.24. The molecule has 2 rings (SSSR count). The van der Waals surface area contributed by atoms with E-state index < -0.39 is 0 Å². The van der Waals surface area contributed by atoms with E-state index in [0.29, 0.717) is 17.9 Å². The molecule has 5 nitrogen and oxygen atoms in total. The Morgan fingerprint density at radius 3 is 3.05 bits per heavy atom. The van der Waals surface area contributed by atoms with Crippen LogP contribution in [0, 0.1) is 0 Å². The lowest BCUT2D eigenvalue weighted by molar-refractivity contribution is 0.0206. The molecule has 19 heavy (non-hydrogen) atoms. The number of carbonyl (C=O) groups is 1. The molecule has 0 radical (unpaired) electrons. The van der Waals surface area contributed by atoms with Crippen molar-refractivity contribution in [1.29, 1.82) is 0 Å². The van der Waals surface area contributed by atoms with Crippen LogP contribution < -0.4 is 10.6 Å². The van der Waals surface area contributed by atoms with Gasteiger partial charge in [-0.25, -0.2) is 4.98 Å². The maximum absolute atomic E-state index is 12.2. The molecule has 1 amide bonds. The molecule has 0 spiro atoms. The summed E-state index contributed by atoms with van der Waals surface area (Å²) in [6.45, 7) is 3.31. The third kappa shape index (κ3) is 3.45. The average molecular weight is 328 g/mol. The van der Waals surface area contributed by atoms with Crippen LogP contribution in [0.2, 0.25) is 0 Å². The molecular weight excluding hydrogens is 310 g/mol. The second kappa shape index (κ2) is 5.88. The number of hydrogen-bond acceptors (Lipinski definition) is 4. The number of nitrogens with one attached hydrogen (secondary N) is 2. The van der Waals surface area contributed by atoms with Crippen LogP contribution in [0.5, 0.6) is 0 Å². The fourth-order valence-corrected chi connectivity index (χ4v) is 2.48. The fourth-order valence-electron chi connectivity index (χ4n) is 2.15. The van der Waals surface area contributed by atoms with Gasteiger partial charge in [0.05, 0.1) is 11.2 Å². The highest BCUT2D eigenvalue weighted by atomic mass is 79.9. The second-order valence-electron chi connectivity index (χ2n) is 4.88. The van der Waals surface area contributed by atoms with E-state index in [9.17, 15) is 4.79 Å². The molecule has 0 aliphatic carbocycles. The number of amides is 1. The summed E-state index contributed by atoms with van der Waals surface area (Å²) in [5.74, 6) is 0.424. The molecule has 0 bridgehead atoms.